The maximum atomic E-state index is 12.0. The molecule has 2 aliphatic carbocycles. The van der Waals surface area contributed by atoms with E-state index in [2.05, 4.69) is 6.92 Å². The first-order valence-corrected chi connectivity index (χ1v) is 11.7. The minimum atomic E-state index is -3.47. The summed E-state index contributed by atoms with van der Waals surface area (Å²) in [5, 5.41) is 0. The van der Waals surface area contributed by atoms with Crippen molar-refractivity contribution in [3.05, 3.63) is 11.6 Å². The Morgan fingerprint density at radius 2 is 1.90 bits per heavy atom. The number of carbonyl (C=O) groups is 1. The molecule has 1 unspecified atom stereocenters. The fraction of sp³-hybridized carbons (Fsp3) is 0.850. The van der Waals surface area contributed by atoms with Gasteiger partial charge in [-0.2, -0.15) is 8.42 Å². The minimum Gasteiger partial charge on any atom is -0.359 e. The van der Waals surface area contributed by atoms with Crippen molar-refractivity contribution in [3.63, 3.8) is 0 Å². The normalized spacial score (nSPS) is 33.6. The zero-order valence-electron chi connectivity index (χ0n) is 18.0. The molecule has 0 aromatic rings. The molecule has 168 valence electrons. The lowest BCUT2D eigenvalue weighted by atomic mass is 9.62. The van der Waals surface area contributed by atoms with Crippen molar-refractivity contribution in [1.82, 2.24) is 0 Å². The van der Waals surface area contributed by atoms with Crippen LogP contribution in [-0.4, -0.2) is 67.6 Å². The lowest BCUT2D eigenvalue weighted by molar-refractivity contribution is -0.174. The maximum absolute atomic E-state index is 12.0. The largest absolute Gasteiger partial charge is 0.359 e. The molecule has 0 radical (unpaired) electrons. The van der Waals surface area contributed by atoms with Gasteiger partial charge in [-0.25, -0.2) is 0 Å². The van der Waals surface area contributed by atoms with Gasteiger partial charge >= 0.3 is 0 Å². The SMILES string of the molecule is COCO[C@@H]1[C@@H](C)[C@@]2(CC[C@@H](C(C)COS(C)(=O)=O)C2)C(C=O)=C[C@H]1OCOC. The fourth-order valence-electron chi connectivity index (χ4n) is 4.78. The highest BCUT2D eigenvalue weighted by atomic mass is 32.2. The first-order chi connectivity index (χ1) is 13.7. The highest BCUT2D eigenvalue weighted by molar-refractivity contribution is 7.85. The molecule has 1 fully saturated rings. The van der Waals surface area contributed by atoms with Crippen LogP contribution in [0.5, 0.6) is 0 Å². The van der Waals surface area contributed by atoms with Crippen LogP contribution >= 0.6 is 0 Å². The molecule has 1 saturated carbocycles. The van der Waals surface area contributed by atoms with E-state index in [0.717, 1.165) is 37.4 Å². The number of aldehydes is 1. The molecule has 0 amide bonds. The zero-order chi connectivity index (χ0) is 21.7. The molecule has 0 heterocycles. The van der Waals surface area contributed by atoms with Crippen molar-refractivity contribution in [3.8, 4) is 0 Å². The van der Waals surface area contributed by atoms with Gasteiger partial charge in [0.05, 0.1) is 19.0 Å². The fourth-order valence-corrected chi connectivity index (χ4v) is 5.24. The second-order valence-corrected chi connectivity index (χ2v) is 9.87. The van der Waals surface area contributed by atoms with Crippen LogP contribution in [0.3, 0.4) is 0 Å². The van der Waals surface area contributed by atoms with Crippen LogP contribution in [0.15, 0.2) is 11.6 Å². The average molecular weight is 435 g/mol. The zero-order valence-corrected chi connectivity index (χ0v) is 18.8. The van der Waals surface area contributed by atoms with Crippen molar-refractivity contribution < 1.29 is 36.3 Å². The van der Waals surface area contributed by atoms with E-state index in [1.54, 1.807) is 14.2 Å². The van der Waals surface area contributed by atoms with Gasteiger partial charge < -0.3 is 18.9 Å². The number of hydrogen-bond acceptors (Lipinski definition) is 8. The molecule has 6 atom stereocenters. The van der Waals surface area contributed by atoms with Gasteiger partial charge in [-0.15, -0.1) is 0 Å². The van der Waals surface area contributed by atoms with Crippen LogP contribution in [0.25, 0.3) is 0 Å². The summed E-state index contributed by atoms with van der Waals surface area (Å²) in [5.41, 5.74) is 0.388. The van der Waals surface area contributed by atoms with Crippen molar-refractivity contribution in [1.29, 1.82) is 0 Å². The first kappa shape index (κ1) is 24.4. The van der Waals surface area contributed by atoms with E-state index in [1.807, 2.05) is 13.0 Å². The molecule has 8 nitrogen and oxygen atoms in total. The molecule has 29 heavy (non-hydrogen) atoms. The van der Waals surface area contributed by atoms with Crippen LogP contribution in [-0.2, 0) is 38.0 Å². The molecule has 2 aliphatic rings. The molecule has 0 saturated heterocycles. The molecular formula is C20H34O8S. The standard InChI is InChI=1S/C20H34O8S/c1-14(11-28-29(5,22)23)16-6-7-20(9-16)15(2)19(27-13-25-4)18(26-12-24-3)8-17(20)10-21/h8,10,14-16,18-19H,6-7,9,11-13H2,1-5H3/t14?,15-,16-,18-,19-,20+/m1/s1. The summed E-state index contributed by atoms with van der Waals surface area (Å²) in [6.45, 7) is 4.46. The van der Waals surface area contributed by atoms with E-state index < -0.39 is 16.2 Å². The van der Waals surface area contributed by atoms with Crippen LogP contribution in [0.2, 0.25) is 0 Å². The quantitative estimate of drug-likeness (QED) is 0.277. The van der Waals surface area contributed by atoms with Crippen molar-refractivity contribution in [2.24, 2.45) is 23.2 Å². The molecular weight excluding hydrogens is 400 g/mol. The number of allylic oxidation sites excluding steroid dienone is 1. The monoisotopic (exact) mass is 434 g/mol. The molecule has 9 heteroatoms. The number of carbonyl (C=O) groups excluding carboxylic acids is 1. The summed E-state index contributed by atoms with van der Waals surface area (Å²) in [5.74, 6) is 0.324. The lowest BCUT2D eigenvalue weighted by Gasteiger charge is -2.46. The Labute approximate surface area is 174 Å². The Bertz CT molecular complexity index is 676. The van der Waals surface area contributed by atoms with Gasteiger partial charge in [0, 0.05) is 19.6 Å². The van der Waals surface area contributed by atoms with Gasteiger partial charge in [0.2, 0.25) is 0 Å². The molecule has 1 spiro atoms. The number of hydrogen-bond donors (Lipinski definition) is 0. The van der Waals surface area contributed by atoms with Gasteiger partial charge in [0.15, 0.2) is 0 Å². The van der Waals surface area contributed by atoms with Crippen molar-refractivity contribution in [2.75, 3.05) is 40.7 Å². The number of rotatable bonds is 11. The summed E-state index contributed by atoms with van der Waals surface area (Å²) in [4.78, 5) is 12.0. The molecule has 0 bridgehead atoms. The van der Waals surface area contributed by atoms with E-state index in [0.29, 0.717) is 0 Å². The second-order valence-electron chi connectivity index (χ2n) is 8.23. The van der Waals surface area contributed by atoms with E-state index in [1.165, 1.54) is 0 Å². The molecule has 2 rings (SSSR count). The lowest BCUT2D eigenvalue weighted by Crippen LogP contribution is -2.49. The van der Waals surface area contributed by atoms with Crippen molar-refractivity contribution in [2.45, 2.75) is 45.3 Å². The Morgan fingerprint density at radius 3 is 2.48 bits per heavy atom. The van der Waals surface area contributed by atoms with Gasteiger partial charge in [0.25, 0.3) is 10.1 Å². The summed E-state index contributed by atoms with van der Waals surface area (Å²) in [6, 6.07) is 0. The van der Waals surface area contributed by atoms with Crippen LogP contribution < -0.4 is 0 Å². The van der Waals surface area contributed by atoms with E-state index in [9.17, 15) is 13.2 Å². The van der Waals surface area contributed by atoms with Crippen molar-refractivity contribution >= 4 is 16.4 Å². The predicted molar refractivity (Wildman–Crippen MR) is 107 cm³/mol. The Kier molecular flexibility index (Phi) is 8.81. The smallest absolute Gasteiger partial charge is 0.264 e. The van der Waals surface area contributed by atoms with E-state index in [4.69, 9.17) is 23.1 Å². The average Bonchev–Trinajstić information content (AvgIpc) is 3.12. The van der Waals surface area contributed by atoms with Crippen LogP contribution in [0.1, 0.15) is 33.1 Å². The summed E-state index contributed by atoms with van der Waals surface area (Å²) < 4.78 is 49.5. The molecule has 0 aromatic carbocycles. The third kappa shape index (κ3) is 5.86. The third-order valence-electron chi connectivity index (χ3n) is 6.43. The highest BCUT2D eigenvalue weighted by Gasteiger charge is 2.53. The van der Waals surface area contributed by atoms with Gasteiger partial charge in [-0.05, 0) is 48.7 Å². The second kappa shape index (κ2) is 10.5. The minimum absolute atomic E-state index is 0.0118. The Morgan fingerprint density at radius 1 is 1.24 bits per heavy atom. The Hall–Kier alpha value is -0.840. The van der Waals surface area contributed by atoms with E-state index in [-0.39, 0.29) is 49.5 Å². The molecule has 0 aromatic heterocycles. The topological polar surface area (TPSA) is 97.4 Å². The summed E-state index contributed by atoms with van der Waals surface area (Å²) >= 11 is 0. The van der Waals surface area contributed by atoms with Gasteiger partial charge in [-0.3, -0.25) is 8.98 Å². The maximum Gasteiger partial charge on any atom is 0.264 e. The highest BCUT2D eigenvalue weighted by Crippen LogP contribution is 2.57. The molecule has 0 N–H and O–H groups in total. The number of ether oxygens (including phenoxy) is 4. The van der Waals surface area contributed by atoms with Crippen LogP contribution in [0.4, 0.5) is 0 Å². The summed E-state index contributed by atoms with van der Waals surface area (Å²) in [6.07, 6.45) is 5.65. The number of methoxy groups -OCH3 is 2. The third-order valence-corrected chi connectivity index (χ3v) is 6.99. The predicted octanol–water partition coefficient (Wildman–Crippen LogP) is 2.14. The van der Waals surface area contributed by atoms with E-state index >= 15 is 0 Å². The Balaban J connectivity index is 2.23. The van der Waals surface area contributed by atoms with Gasteiger partial charge in [0.1, 0.15) is 26.0 Å². The van der Waals surface area contributed by atoms with Gasteiger partial charge in [-0.1, -0.05) is 13.8 Å². The first-order valence-electron chi connectivity index (χ1n) is 9.91. The molecule has 0 aliphatic heterocycles. The van der Waals surface area contributed by atoms with Crippen LogP contribution in [0, 0.1) is 23.2 Å². The summed E-state index contributed by atoms with van der Waals surface area (Å²) in [7, 11) is -0.362.